The molecule has 3 nitrogen and oxygen atoms in total. The molecule has 0 fully saturated rings. The van der Waals surface area contributed by atoms with Gasteiger partial charge in [-0.05, 0) is 24.7 Å². The van der Waals surface area contributed by atoms with Crippen molar-refractivity contribution in [3.05, 3.63) is 29.1 Å². The van der Waals surface area contributed by atoms with Crippen molar-refractivity contribution in [1.82, 2.24) is 10.3 Å². The topological polar surface area (TPSA) is 38.1 Å². The summed E-state index contributed by atoms with van der Waals surface area (Å²) in [7, 11) is 0. The van der Waals surface area contributed by atoms with Gasteiger partial charge in [0, 0.05) is 5.02 Å². The Hall–Kier alpha value is -1.06. The number of nitrogens with zero attached hydrogens (tertiary/aromatic N) is 1. The second-order valence-corrected chi connectivity index (χ2v) is 3.44. The Morgan fingerprint density at radius 3 is 3.14 bits per heavy atom. The molecule has 0 atom stereocenters. The summed E-state index contributed by atoms with van der Waals surface area (Å²) in [6, 6.07) is 5.43. The second-order valence-electron chi connectivity index (χ2n) is 3.00. The zero-order chi connectivity index (χ0) is 9.97. The molecule has 14 heavy (non-hydrogen) atoms. The molecule has 74 valence electrons. The summed E-state index contributed by atoms with van der Waals surface area (Å²) in [6.45, 7) is 3.60. The number of halogens is 1. The molecule has 1 aromatic carbocycles. The third-order valence-electron chi connectivity index (χ3n) is 1.92. The highest BCUT2D eigenvalue weighted by Gasteiger charge is 2.04. The number of rotatable bonds is 3. The molecule has 0 bridgehead atoms. The molecule has 4 heteroatoms. The van der Waals surface area contributed by atoms with E-state index in [0.717, 1.165) is 17.6 Å². The van der Waals surface area contributed by atoms with Crippen molar-refractivity contribution in [1.29, 1.82) is 0 Å². The maximum Gasteiger partial charge on any atom is 0.209 e. The van der Waals surface area contributed by atoms with Crippen LogP contribution in [-0.4, -0.2) is 11.5 Å². The molecule has 0 amide bonds. The number of aromatic nitrogens is 1. The van der Waals surface area contributed by atoms with Crippen molar-refractivity contribution < 1.29 is 4.42 Å². The summed E-state index contributed by atoms with van der Waals surface area (Å²) in [5.74, 6) is 0.698. The molecule has 1 heterocycles. The molecule has 1 N–H and O–H groups in total. The lowest BCUT2D eigenvalue weighted by Gasteiger charge is -1.93. The van der Waals surface area contributed by atoms with Crippen LogP contribution in [0.3, 0.4) is 0 Å². The maximum absolute atomic E-state index is 5.83. The Bertz CT molecular complexity index is 439. The molecular formula is C10H11ClN2O. The Kier molecular flexibility index (Phi) is 2.70. The van der Waals surface area contributed by atoms with Crippen LogP contribution in [0.2, 0.25) is 5.02 Å². The van der Waals surface area contributed by atoms with Crippen LogP contribution in [0.25, 0.3) is 11.1 Å². The van der Waals surface area contributed by atoms with E-state index in [2.05, 4.69) is 10.3 Å². The third kappa shape index (κ3) is 1.89. The second kappa shape index (κ2) is 3.98. The van der Waals surface area contributed by atoms with E-state index in [-0.39, 0.29) is 0 Å². The molecule has 2 aromatic rings. The summed E-state index contributed by atoms with van der Waals surface area (Å²) in [5.41, 5.74) is 1.59. The Labute approximate surface area is 87.1 Å². The van der Waals surface area contributed by atoms with E-state index >= 15 is 0 Å². The van der Waals surface area contributed by atoms with Gasteiger partial charge in [0.1, 0.15) is 5.52 Å². The number of fused-ring (bicyclic) bond motifs is 1. The van der Waals surface area contributed by atoms with Gasteiger partial charge in [-0.2, -0.15) is 0 Å². The van der Waals surface area contributed by atoms with Gasteiger partial charge in [0.2, 0.25) is 5.89 Å². The lowest BCUT2D eigenvalue weighted by molar-refractivity contribution is 0.501. The minimum atomic E-state index is 0.656. The van der Waals surface area contributed by atoms with Crippen LogP contribution in [0.4, 0.5) is 0 Å². The van der Waals surface area contributed by atoms with Crippen molar-refractivity contribution in [2.45, 2.75) is 13.5 Å². The van der Waals surface area contributed by atoms with Crippen molar-refractivity contribution in [3.8, 4) is 0 Å². The molecule has 0 unspecified atom stereocenters. The summed E-state index contributed by atoms with van der Waals surface area (Å²) in [6.07, 6.45) is 0. The summed E-state index contributed by atoms with van der Waals surface area (Å²) in [5, 5.41) is 3.83. The number of benzene rings is 1. The first-order valence-corrected chi connectivity index (χ1v) is 4.93. The monoisotopic (exact) mass is 210 g/mol. The number of hydrogen-bond acceptors (Lipinski definition) is 3. The smallest absolute Gasteiger partial charge is 0.209 e. The van der Waals surface area contributed by atoms with Crippen molar-refractivity contribution in [2.24, 2.45) is 0 Å². The van der Waals surface area contributed by atoms with Gasteiger partial charge < -0.3 is 9.73 Å². The highest BCUT2D eigenvalue weighted by Crippen LogP contribution is 2.19. The third-order valence-corrected chi connectivity index (χ3v) is 2.16. The molecule has 1 aromatic heterocycles. The van der Waals surface area contributed by atoms with Crippen LogP contribution < -0.4 is 5.32 Å². The highest BCUT2D eigenvalue weighted by molar-refractivity contribution is 6.31. The zero-order valence-electron chi connectivity index (χ0n) is 7.88. The molecule has 0 aliphatic carbocycles. The van der Waals surface area contributed by atoms with Crippen molar-refractivity contribution in [2.75, 3.05) is 6.54 Å². The lowest BCUT2D eigenvalue weighted by Crippen LogP contribution is -2.11. The standard InChI is InChI=1S/C10H11ClN2O/c1-2-12-6-10-13-8-5-7(11)3-4-9(8)14-10/h3-5,12H,2,6H2,1H3. The van der Waals surface area contributed by atoms with Crippen LogP contribution in [-0.2, 0) is 6.54 Å². The van der Waals surface area contributed by atoms with Gasteiger partial charge in [-0.1, -0.05) is 18.5 Å². The van der Waals surface area contributed by atoms with Gasteiger partial charge in [-0.25, -0.2) is 4.98 Å². The van der Waals surface area contributed by atoms with E-state index in [4.69, 9.17) is 16.0 Å². The highest BCUT2D eigenvalue weighted by atomic mass is 35.5. The first-order chi connectivity index (χ1) is 6.79. The number of nitrogens with one attached hydrogen (secondary N) is 1. The number of oxazole rings is 1. The van der Waals surface area contributed by atoms with Gasteiger partial charge in [-0.3, -0.25) is 0 Å². The van der Waals surface area contributed by atoms with Crippen LogP contribution in [0.1, 0.15) is 12.8 Å². The van der Waals surface area contributed by atoms with E-state index in [9.17, 15) is 0 Å². The van der Waals surface area contributed by atoms with E-state index in [1.807, 2.05) is 13.0 Å². The first kappa shape index (κ1) is 9.49. The predicted octanol–water partition coefficient (Wildman–Crippen LogP) is 2.59. The average Bonchev–Trinajstić information content (AvgIpc) is 2.56. The van der Waals surface area contributed by atoms with Gasteiger partial charge in [0.05, 0.1) is 6.54 Å². The van der Waals surface area contributed by atoms with Crippen molar-refractivity contribution >= 4 is 22.7 Å². The minimum absolute atomic E-state index is 0.656. The fourth-order valence-electron chi connectivity index (χ4n) is 1.26. The normalized spacial score (nSPS) is 11.0. The van der Waals surface area contributed by atoms with Crippen LogP contribution >= 0.6 is 11.6 Å². The van der Waals surface area contributed by atoms with Gasteiger partial charge in [-0.15, -0.1) is 0 Å². The molecule has 0 radical (unpaired) electrons. The molecule has 0 spiro atoms. The lowest BCUT2D eigenvalue weighted by atomic mass is 10.3. The minimum Gasteiger partial charge on any atom is -0.439 e. The maximum atomic E-state index is 5.83. The predicted molar refractivity (Wildman–Crippen MR) is 56.4 cm³/mol. The summed E-state index contributed by atoms with van der Waals surface area (Å²) >= 11 is 5.83. The molecule has 2 rings (SSSR count). The zero-order valence-corrected chi connectivity index (χ0v) is 8.64. The number of hydrogen-bond donors (Lipinski definition) is 1. The molecule has 0 aliphatic heterocycles. The fourth-order valence-corrected chi connectivity index (χ4v) is 1.42. The van der Waals surface area contributed by atoms with Crippen LogP contribution in [0, 0.1) is 0 Å². The van der Waals surface area contributed by atoms with Crippen LogP contribution in [0.15, 0.2) is 22.6 Å². The van der Waals surface area contributed by atoms with Crippen molar-refractivity contribution in [3.63, 3.8) is 0 Å². The van der Waals surface area contributed by atoms with E-state index < -0.39 is 0 Å². The molecular weight excluding hydrogens is 200 g/mol. The van der Waals surface area contributed by atoms with Gasteiger partial charge in [0.15, 0.2) is 5.58 Å². The average molecular weight is 211 g/mol. The Balaban J connectivity index is 2.32. The summed E-state index contributed by atoms with van der Waals surface area (Å²) in [4.78, 5) is 4.30. The quantitative estimate of drug-likeness (QED) is 0.846. The van der Waals surface area contributed by atoms with E-state index in [1.54, 1.807) is 12.1 Å². The van der Waals surface area contributed by atoms with Crippen LogP contribution in [0.5, 0.6) is 0 Å². The Morgan fingerprint density at radius 2 is 2.36 bits per heavy atom. The molecule has 0 saturated heterocycles. The van der Waals surface area contributed by atoms with E-state index in [0.29, 0.717) is 17.5 Å². The molecule has 0 saturated carbocycles. The fraction of sp³-hybridized carbons (Fsp3) is 0.300. The van der Waals surface area contributed by atoms with Gasteiger partial charge in [0.25, 0.3) is 0 Å². The van der Waals surface area contributed by atoms with E-state index in [1.165, 1.54) is 0 Å². The Morgan fingerprint density at radius 1 is 1.50 bits per heavy atom. The summed E-state index contributed by atoms with van der Waals surface area (Å²) < 4.78 is 5.49. The first-order valence-electron chi connectivity index (χ1n) is 4.55. The molecule has 0 aliphatic rings. The largest absolute Gasteiger partial charge is 0.439 e. The SMILES string of the molecule is CCNCc1nc2cc(Cl)ccc2o1. The van der Waals surface area contributed by atoms with Gasteiger partial charge >= 0.3 is 0 Å².